The van der Waals surface area contributed by atoms with Crippen molar-refractivity contribution in [3.63, 3.8) is 0 Å². The standard InChI is InChI=1S/C23H22N8O/c24-18-12-17(3-4-21(18)30-7-9-32-10-8-30)27-22-23-25-5-6-31(23)14-20(28-22)15-1-2-16-13-26-29-19(16)11-15/h1-6,11-14H,7-10,24H2,(H,26,29)(H,27,28). The Morgan fingerprint density at radius 1 is 1.09 bits per heavy atom. The Labute approximate surface area is 183 Å². The van der Waals surface area contributed by atoms with E-state index in [1.54, 1.807) is 6.20 Å². The molecule has 9 heteroatoms. The molecule has 0 radical (unpaired) electrons. The number of hydrogen-bond acceptors (Lipinski definition) is 7. The van der Waals surface area contributed by atoms with Gasteiger partial charge in [0, 0.05) is 48.3 Å². The monoisotopic (exact) mass is 426 g/mol. The van der Waals surface area contributed by atoms with Crippen LogP contribution in [0.2, 0.25) is 0 Å². The lowest BCUT2D eigenvalue weighted by Gasteiger charge is -2.30. The van der Waals surface area contributed by atoms with Gasteiger partial charge in [-0.15, -0.1) is 0 Å². The molecule has 1 aliphatic heterocycles. The summed E-state index contributed by atoms with van der Waals surface area (Å²) in [5, 5.41) is 11.6. The van der Waals surface area contributed by atoms with Crippen LogP contribution in [0, 0.1) is 0 Å². The normalized spacial score (nSPS) is 14.3. The zero-order valence-corrected chi connectivity index (χ0v) is 17.3. The minimum atomic E-state index is 0.663. The number of morpholine rings is 1. The molecule has 0 bridgehead atoms. The number of nitrogen functional groups attached to an aromatic ring is 1. The van der Waals surface area contributed by atoms with Crippen LogP contribution >= 0.6 is 0 Å². The first-order valence-electron chi connectivity index (χ1n) is 10.5. The number of imidazole rings is 1. The molecule has 0 saturated carbocycles. The van der Waals surface area contributed by atoms with Gasteiger partial charge in [0.2, 0.25) is 0 Å². The molecule has 0 amide bonds. The largest absolute Gasteiger partial charge is 0.397 e. The average Bonchev–Trinajstić information content (AvgIpc) is 3.48. The molecular formula is C23H22N8O. The van der Waals surface area contributed by atoms with Crippen LogP contribution in [-0.2, 0) is 4.74 Å². The number of aromatic nitrogens is 5. The van der Waals surface area contributed by atoms with E-state index in [1.807, 2.05) is 59.4 Å². The van der Waals surface area contributed by atoms with Gasteiger partial charge in [0.15, 0.2) is 11.5 Å². The Bertz CT molecular complexity index is 1420. The van der Waals surface area contributed by atoms with E-state index >= 15 is 0 Å². The van der Waals surface area contributed by atoms with Crippen molar-refractivity contribution < 1.29 is 4.74 Å². The zero-order valence-electron chi connectivity index (χ0n) is 17.3. The van der Waals surface area contributed by atoms with E-state index in [1.165, 1.54) is 0 Å². The number of nitrogens with one attached hydrogen (secondary N) is 2. The molecular weight excluding hydrogens is 404 g/mol. The second kappa shape index (κ2) is 7.54. The third-order valence-corrected chi connectivity index (χ3v) is 5.75. The van der Waals surface area contributed by atoms with Crippen molar-refractivity contribution in [3.05, 3.63) is 61.2 Å². The number of benzene rings is 2. The SMILES string of the molecule is Nc1cc(Nc2nc(-c3ccc4cn[nH]c4c3)cn3ccnc23)ccc1N1CCOCC1. The lowest BCUT2D eigenvalue weighted by atomic mass is 10.1. The molecule has 1 aliphatic rings. The van der Waals surface area contributed by atoms with Gasteiger partial charge in [0.05, 0.1) is 42.0 Å². The lowest BCUT2D eigenvalue weighted by Crippen LogP contribution is -2.36. The molecule has 32 heavy (non-hydrogen) atoms. The highest BCUT2D eigenvalue weighted by Crippen LogP contribution is 2.30. The molecule has 160 valence electrons. The maximum absolute atomic E-state index is 6.39. The fourth-order valence-electron chi connectivity index (χ4n) is 4.11. The molecule has 4 N–H and O–H groups in total. The Balaban J connectivity index is 1.36. The highest BCUT2D eigenvalue weighted by Gasteiger charge is 2.15. The highest BCUT2D eigenvalue weighted by atomic mass is 16.5. The summed E-state index contributed by atoms with van der Waals surface area (Å²) in [5.74, 6) is 0.663. The molecule has 0 atom stereocenters. The third kappa shape index (κ3) is 3.28. The Morgan fingerprint density at radius 3 is 2.88 bits per heavy atom. The van der Waals surface area contributed by atoms with Crippen LogP contribution in [0.5, 0.6) is 0 Å². The summed E-state index contributed by atoms with van der Waals surface area (Å²) < 4.78 is 7.41. The summed E-state index contributed by atoms with van der Waals surface area (Å²) in [4.78, 5) is 11.6. The summed E-state index contributed by atoms with van der Waals surface area (Å²) in [5.41, 5.74) is 12.5. The highest BCUT2D eigenvalue weighted by molar-refractivity contribution is 5.84. The maximum atomic E-state index is 6.39. The Morgan fingerprint density at radius 2 is 2.00 bits per heavy atom. The Kier molecular flexibility index (Phi) is 4.39. The van der Waals surface area contributed by atoms with Crippen molar-refractivity contribution in [1.29, 1.82) is 0 Å². The Hall–Kier alpha value is -4.11. The summed E-state index contributed by atoms with van der Waals surface area (Å²) >= 11 is 0. The predicted molar refractivity (Wildman–Crippen MR) is 125 cm³/mol. The number of nitrogens with zero attached hydrogens (tertiary/aromatic N) is 5. The predicted octanol–water partition coefficient (Wildman–Crippen LogP) is 3.44. The van der Waals surface area contributed by atoms with E-state index in [9.17, 15) is 0 Å². The van der Waals surface area contributed by atoms with Crippen molar-refractivity contribution in [2.75, 3.05) is 42.3 Å². The van der Waals surface area contributed by atoms with Crippen molar-refractivity contribution in [3.8, 4) is 11.3 Å². The van der Waals surface area contributed by atoms with Crippen LogP contribution < -0.4 is 16.0 Å². The minimum Gasteiger partial charge on any atom is -0.397 e. The zero-order chi connectivity index (χ0) is 21.5. The van der Waals surface area contributed by atoms with Crippen molar-refractivity contribution in [2.45, 2.75) is 0 Å². The van der Waals surface area contributed by atoms with E-state index in [0.29, 0.717) is 5.82 Å². The smallest absolute Gasteiger partial charge is 0.180 e. The van der Waals surface area contributed by atoms with Crippen LogP contribution in [-0.4, -0.2) is 50.9 Å². The lowest BCUT2D eigenvalue weighted by molar-refractivity contribution is 0.123. The van der Waals surface area contributed by atoms with E-state index in [2.05, 4.69) is 25.4 Å². The fourth-order valence-corrected chi connectivity index (χ4v) is 4.11. The van der Waals surface area contributed by atoms with Crippen LogP contribution in [0.4, 0.5) is 22.9 Å². The fraction of sp³-hybridized carbons (Fsp3) is 0.174. The summed E-state index contributed by atoms with van der Waals surface area (Å²) in [6.07, 6.45) is 7.46. The molecule has 0 aliphatic carbocycles. The molecule has 0 unspecified atom stereocenters. The molecule has 9 nitrogen and oxygen atoms in total. The topological polar surface area (TPSA) is 109 Å². The van der Waals surface area contributed by atoms with Crippen LogP contribution in [0.25, 0.3) is 27.8 Å². The van der Waals surface area contributed by atoms with Crippen LogP contribution in [0.1, 0.15) is 0 Å². The van der Waals surface area contributed by atoms with Gasteiger partial charge in [-0.05, 0) is 24.3 Å². The minimum absolute atomic E-state index is 0.663. The van der Waals surface area contributed by atoms with E-state index in [0.717, 1.165) is 71.2 Å². The van der Waals surface area contributed by atoms with E-state index in [4.69, 9.17) is 15.5 Å². The van der Waals surface area contributed by atoms with Crippen LogP contribution in [0.3, 0.4) is 0 Å². The average molecular weight is 426 g/mol. The number of fused-ring (bicyclic) bond motifs is 2. The van der Waals surface area contributed by atoms with Gasteiger partial charge in [-0.3, -0.25) is 5.10 Å². The number of aromatic amines is 1. The summed E-state index contributed by atoms with van der Waals surface area (Å²) in [6, 6.07) is 12.1. The van der Waals surface area contributed by atoms with Gasteiger partial charge in [-0.1, -0.05) is 12.1 Å². The summed E-state index contributed by atoms with van der Waals surface area (Å²) in [7, 11) is 0. The molecule has 4 heterocycles. The number of nitrogens with two attached hydrogens (primary N) is 1. The van der Waals surface area contributed by atoms with Crippen LogP contribution in [0.15, 0.2) is 61.2 Å². The molecule has 5 aromatic rings. The van der Waals surface area contributed by atoms with Gasteiger partial charge in [0.25, 0.3) is 0 Å². The van der Waals surface area contributed by atoms with Gasteiger partial charge in [-0.25, -0.2) is 9.97 Å². The number of hydrogen-bond donors (Lipinski definition) is 3. The maximum Gasteiger partial charge on any atom is 0.180 e. The van der Waals surface area contributed by atoms with Gasteiger partial charge >= 0.3 is 0 Å². The van der Waals surface area contributed by atoms with Gasteiger partial charge < -0.3 is 25.1 Å². The number of anilines is 4. The molecule has 1 fully saturated rings. The number of rotatable bonds is 4. The second-order valence-electron chi connectivity index (χ2n) is 7.80. The number of H-pyrrole nitrogens is 1. The van der Waals surface area contributed by atoms with E-state index < -0.39 is 0 Å². The van der Waals surface area contributed by atoms with E-state index in [-0.39, 0.29) is 0 Å². The second-order valence-corrected chi connectivity index (χ2v) is 7.80. The molecule has 6 rings (SSSR count). The first-order valence-corrected chi connectivity index (χ1v) is 10.5. The van der Waals surface area contributed by atoms with Crippen molar-refractivity contribution in [2.24, 2.45) is 0 Å². The quantitative estimate of drug-likeness (QED) is 0.378. The molecule has 1 saturated heterocycles. The van der Waals surface area contributed by atoms with Crippen molar-refractivity contribution >= 4 is 39.4 Å². The summed E-state index contributed by atoms with van der Waals surface area (Å²) in [6.45, 7) is 3.13. The molecule has 2 aromatic carbocycles. The van der Waals surface area contributed by atoms with Gasteiger partial charge in [0.1, 0.15) is 0 Å². The van der Waals surface area contributed by atoms with Gasteiger partial charge in [-0.2, -0.15) is 5.10 Å². The molecule has 0 spiro atoms. The third-order valence-electron chi connectivity index (χ3n) is 5.75. The van der Waals surface area contributed by atoms with Crippen molar-refractivity contribution in [1.82, 2.24) is 24.6 Å². The first-order chi connectivity index (χ1) is 15.7. The molecule has 3 aromatic heterocycles. The first kappa shape index (κ1) is 18.6. The number of ether oxygens (including phenoxy) is 1.